The normalized spacial score (nSPS) is 22.0. The second-order valence-corrected chi connectivity index (χ2v) is 14.4. The predicted octanol–water partition coefficient (Wildman–Crippen LogP) is 6.64. The Morgan fingerprint density at radius 2 is 1.78 bits per heavy atom. The average molecular weight is 709 g/mol. The van der Waals surface area contributed by atoms with Crippen molar-refractivity contribution in [3.63, 3.8) is 0 Å². The Balaban J connectivity index is 1.06. The summed E-state index contributed by atoms with van der Waals surface area (Å²) in [5.41, 5.74) is 4.11. The minimum atomic E-state index is -2.85. The van der Waals surface area contributed by atoms with Crippen molar-refractivity contribution < 1.29 is 36.3 Å². The summed E-state index contributed by atoms with van der Waals surface area (Å²) in [4.78, 5) is 31.6. The fraction of sp³-hybridized carbons (Fsp3) is 0.436. The van der Waals surface area contributed by atoms with Crippen LogP contribution in [0.4, 0.5) is 39.0 Å². The van der Waals surface area contributed by atoms with Crippen LogP contribution in [0.3, 0.4) is 0 Å². The van der Waals surface area contributed by atoms with Crippen LogP contribution in [0.2, 0.25) is 0 Å². The Labute approximate surface area is 294 Å². The molecule has 3 aliphatic heterocycles. The summed E-state index contributed by atoms with van der Waals surface area (Å²) < 4.78 is 76.5. The van der Waals surface area contributed by atoms with Crippen molar-refractivity contribution in [3.05, 3.63) is 101 Å². The first-order chi connectivity index (χ1) is 24.4. The van der Waals surface area contributed by atoms with Gasteiger partial charge in [-0.1, -0.05) is 18.7 Å². The van der Waals surface area contributed by atoms with E-state index in [-0.39, 0.29) is 61.4 Å². The van der Waals surface area contributed by atoms with E-state index in [0.29, 0.717) is 49.3 Å². The van der Waals surface area contributed by atoms with Crippen molar-refractivity contribution in [1.29, 1.82) is 0 Å². The average Bonchev–Trinajstić information content (AvgIpc) is 3.57. The summed E-state index contributed by atoms with van der Waals surface area (Å²) in [5.74, 6) is -5.77. The van der Waals surface area contributed by atoms with Crippen LogP contribution in [0.5, 0.6) is 0 Å². The summed E-state index contributed by atoms with van der Waals surface area (Å²) >= 11 is 0. The van der Waals surface area contributed by atoms with E-state index in [1.54, 1.807) is 17.0 Å². The third-order valence-electron chi connectivity index (χ3n) is 11.2. The third-order valence-corrected chi connectivity index (χ3v) is 11.2. The molecule has 0 bridgehead atoms. The molecule has 0 unspecified atom stereocenters. The molecule has 3 heterocycles. The number of methoxy groups -OCH3 is 1. The number of amides is 2. The van der Waals surface area contributed by atoms with Crippen LogP contribution in [-0.2, 0) is 26.2 Å². The van der Waals surface area contributed by atoms with E-state index in [2.05, 4.69) is 16.8 Å². The molecule has 3 aromatic carbocycles. The monoisotopic (exact) mass is 708 g/mol. The summed E-state index contributed by atoms with van der Waals surface area (Å²) in [5, 5.41) is 3.01. The molecule has 2 fully saturated rings. The smallest absolute Gasteiger partial charge is 0.267 e. The van der Waals surface area contributed by atoms with Crippen molar-refractivity contribution in [2.24, 2.45) is 0 Å². The van der Waals surface area contributed by atoms with Gasteiger partial charge < -0.3 is 24.8 Å². The molecule has 2 saturated heterocycles. The molecule has 7 nitrogen and oxygen atoms in total. The number of carbonyl (C=O) groups is 2. The molecular weight excluding hydrogens is 667 g/mol. The van der Waals surface area contributed by atoms with Gasteiger partial charge in [-0.2, -0.15) is 0 Å². The molecule has 51 heavy (non-hydrogen) atoms. The maximum absolute atomic E-state index is 14.7. The molecule has 3 atom stereocenters. The molecule has 0 radical (unpaired) electrons. The molecule has 12 heteroatoms. The van der Waals surface area contributed by atoms with Gasteiger partial charge in [0.05, 0.1) is 36.6 Å². The van der Waals surface area contributed by atoms with Gasteiger partial charge in [0.1, 0.15) is 5.82 Å². The maximum atomic E-state index is 14.7. The van der Waals surface area contributed by atoms with E-state index < -0.39 is 36.2 Å². The largest absolute Gasteiger partial charge is 0.383 e. The Hall–Kier alpha value is -4.45. The van der Waals surface area contributed by atoms with Crippen LogP contribution in [0.1, 0.15) is 54.7 Å². The number of piperidine rings is 1. The van der Waals surface area contributed by atoms with Gasteiger partial charge in [-0.05, 0) is 102 Å². The van der Waals surface area contributed by atoms with E-state index in [1.807, 2.05) is 18.2 Å². The summed E-state index contributed by atoms with van der Waals surface area (Å²) in [6.45, 7) is 4.82. The van der Waals surface area contributed by atoms with Gasteiger partial charge in [0.2, 0.25) is 5.91 Å². The Kier molecular flexibility index (Phi) is 9.32. The first-order valence-electron chi connectivity index (χ1n) is 17.4. The lowest BCUT2D eigenvalue weighted by atomic mass is 9.73. The fourth-order valence-electron chi connectivity index (χ4n) is 8.84. The van der Waals surface area contributed by atoms with E-state index >= 15 is 0 Å². The van der Waals surface area contributed by atoms with E-state index in [0.717, 1.165) is 28.9 Å². The number of fused-ring (bicyclic) bond motifs is 5. The van der Waals surface area contributed by atoms with Crippen LogP contribution in [0, 0.1) is 17.5 Å². The zero-order valence-electron chi connectivity index (χ0n) is 28.4. The first-order valence-corrected chi connectivity index (χ1v) is 17.4. The Morgan fingerprint density at radius 1 is 1.00 bits per heavy atom. The highest BCUT2D eigenvalue weighted by Gasteiger charge is 2.50. The number of anilines is 3. The number of hydrogen-bond donors (Lipinski definition) is 1. The van der Waals surface area contributed by atoms with Crippen molar-refractivity contribution in [3.8, 4) is 0 Å². The van der Waals surface area contributed by atoms with Gasteiger partial charge >= 0.3 is 0 Å². The van der Waals surface area contributed by atoms with Gasteiger partial charge in [-0.3, -0.25) is 9.59 Å². The van der Waals surface area contributed by atoms with Crippen LogP contribution in [-0.4, -0.2) is 69.7 Å². The second kappa shape index (κ2) is 13.6. The lowest BCUT2D eigenvalue weighted by Crippen LogP contribution is -2.48. The molecule has 7 rings (SSSR count). The summed E-state index contributed by atoms with van der Waals surface area (Å²) in [6.07, 6.45) is 3.39. The van der Waals surface area contributed by atoms with Gasteiger partial charge in [0.15, 0.2) is 11.6 Å². The van der Waals surface area contributed by atoms with Gasteiger partial charge in [-0.15, -0.1) is 0 Å². The number of alkyl halides is 2. The number of ether oxygens (including phenoxy) is 1. The van der Waals surface area contributed by atoms with E-state index in [4.69, 9.17) is 4.74 Å². The molecule has 2 amide bonds. The van der Waals surface area contributed by atoms with Gasteiger partial charge in [-0.25, -0.2) is 22.0 Å². The number of hydrogen-bond acceptors (Lipinski definition) is 5. The number of nitrogens with one attached hydrogen (secondary N) is 1. The topological polar surface area (TPSA) is 65.1 Å². The molecule has 3 aromatic rings. The molecule has 1 aliphatic carbocycles. The first kappa shape index (κ1) is 35.0. The summed E-state index contributed by atoms with van der Waals surface area (Å²) in [6, 6.07) is 13.1. The fourth-order valence-corrected chi connectivity index (χ4v) is 8.84. The predicted molar refractivity (Wildman–Crippen MR) is 185 cm³/mol. The number of carbonyl (C=O) groups excluding carboxylic acids is 2. The highest BCUT2D eigenvalue weighted by Crippen LogP contribution is 2.54. The molecule has 1 spiro atoms. The molecular formula is C39H41F5N4O3. The molecule has 270 valence electrons. The van der Waals surface area contributed by atoms with Crippen LogP contribution < -0.4 is 20.0 Å². The number of rotatable bonds is 9. The molecule has 4 aliphatic rings. The van der Waals surface area contributed by atoms with Crippen molar-refractivity contribution in [2.75, 3.05) is 54.6 Å². The second-order valence-electron chi connectivity index (χ2n) is 14.4. The van der Waals surface area contributed by atoms with Crippen molar-refractivity contribution >= 4 is 28.9 Å². The maximum Gasteiger partial charge on any atom is 0.267 e. The Bertz CT molecular complexity index is 1850. The lowest BCUT2D eigenvalue weighted by Gasteiger charge is -2.43. The highest BCUT2D eigenvalue weighted by molar-refractivity contribution is 6.04. The van der Waals surface area contributed by atoms with Gasteiger partial charge in [0.25, 0.3) is 11.8 Å². The highest BCUT2D eigenvalue weighted by atomic mass is 19.3. The van der Waals surface area contributed by atoms with Crippen LogP contribution >= 0.6 is 0 Å². The van der Waals surface area contributed by atoms with Gasteiger partial charge in [0, 0.05) is 45.3 Å². The van der Waals surface area contributed by atoms with Crippen molar-refractivity contribution in [1.82, 2.24) is 5.32 Å². The third kappa shape index (κ3) is 6.82. The molecule has 0 aromatic heterocycles. The van der Waals surface area contributed by atoms with Crippen LogP contribution in [0.15, 0.2) is 67.3 Å². The van der Waals surface area contributed by atoms with Crippen molar-refractivity contribution in [2.45, 2.75) is 67.9 Å². The number of halogens is 5. The van der Waals surface area contributed by atoms with E-state index in [9.17, 15) is 31.5 Å². The standard InChI is InChI=1S/C39H41F5N4O3/c1-3-37(50)47-21-29-20-39(43,44)23-48(29)35-18-28(6-9-34(35)47)46-12-10-38(11-13-46)19-25(30-7-5-26(40)17-31(30)38)16-36(49)45-27(22-51-2)14-24-4-8-32(41)33(42)15-24/h3-9,15,17-18,25,27,29H,1,10-14,16,19-23H2,2H3,(H,45,49)/t25-,27-,29+/m1/s1. The minimum absolute atomic E-state index is 0.149. The minimum Gasteiger partial charge on any atom is -0.383 e. The molecule has 1 N–H and O–H groups in total. The SMILES string of the molecule is C=CC(=O)N1C[C@@H]2CC(F)(F)CN2c2cc(N3CCC4(CC3)C[C@@H](CC(=O)N[C@@H](COC)Cc3ccc(F)c(F)c3)c3ccc(F)cc34)ccc21. The number of benzene rings is 3. The quantitative estimate of drug-likeness (QED) is 0.200. The zero-order chi connectivity index (χ0) is 36.1. The summed E-state index contributed by atoms with van der Waals surface area (Å²) in [7, 11) is 1.51. The zero-order valence-corrected chi connectivity index (χ0v) is 28.4. The number of nitrogens with zero attached hydrogens (tertiary/aromatic N) is 3. The van der Waals surface area contributed by atoms with E-state index in [1.165, 1.54) is 30.2 Å². The van der Waals surface area contributed by atoms with Crippen LogP contribution in [0.25, 0.3) is 0 Å². The lowest BCUT2D eigenvalue weighted by molar-refractivity contribution is -0.122. The Morgan fingerprint density at radius 3 is 2.51 bits per heavy atom. The molecule has 0 saturated carbocycles.